The maximum absolute atomic E-state index is 14.2. The van der Waals surface area contributed by atoms with E-state index in [-0.39, 0.29) is 11.9 Å². The van der Waals surface area contributed by atoms with E-state index >= 15 is 0 Å². The average Bonchev–Trinajstić information content (AvgIpc) is 2.52. The van der Waals surface area contributed by atoms with E-state index in [4.69, 9.17) is 4.74 Å². The number of likely N-dealkylation sites (tertiary alicyclic amines) is 1. The number of nitrogens with one attached hydrogen (secondary N) is 1. The normalized spacial score (nSPS) is 18.7. The van der Waals surface area contributed by atoms with Gasteiger partial charge in [-0.05, 0) is 64.0 Å². The molecular weight excluding hydrogens is 267 g/mol. The number of benzene rings is 1. The van der Waals surface area contributed by atoms with Crippen molar-refractivity contribution < 1.29 is 9.13 Å². The molecule has 0 bridgehead atoms. The van der Waals surface area contributed by atoms with Gasteiger partial charge in [-0.1, -0.05) is 13.0 Å². The maximum atomic E-state index is 14.2. The first-order valence-corrected chi connectivity index (χ1v) is 7.94. The monoisotopic (exact) mass is 294 g/mol. The summed E-state index contributed by atoms with van der Waals surface area (Å²) in [6, 6.07) is 5.12. The van der Waals surface area contributed by atoms with Gasteiger partial charge < -0.3 is 10.1 Å². The second-order valence-electron chi connectivity index (χ2n) is 5.82. The number of rotatable bonds is 6. The Bertz CT molecular complexity index is 444. The van der Waals surface area contributed by atoms with Crippen LogP contribution >= 0.6 is 0 Å². The highest BCUT2D eigenvalue weighted by Gasteiger charge is 2.26. The number of ether oxygens (including phenoxy) is 1. The molecule has 2 rings (SSSR count). The van der Waals surface area contributed by atoms with Gasteiger partial charge in [-0.3, -0.25) is 4.90 Å². The zero-order valence-corrected chi connectivity index (χ0v) is 13.4. The summed E-state index contributed by atoms with van der Waals surface area (Å²) >= 11 is 0. The molecule has 1 aliphatic heterocycles. The van der Waals surface area contributed by atoms with Crippen LogP contribution < -0.4 is 10.1 Å². The Hall–Kier alpha value is -1.13. The summed E-state index contributed by atoms with van der Waals surface area (Å²) in [5.74, 6) is 1.23. The van der Waals surface area contributed by atoms with Crippen molar-refractivity contribution in [2.45, 2.75) is 32.7 Å². The van der Waals surface area contributed by atoms with Crippen LogP contribution in [0.5, 0.6) is 5.75 Å². The number of piperidine rings is 1. The molecule has 1 saturated heterocycles. The van der Waals surface area contributed by atoms with Gasteiger partial charge in [-0.15, -0.1) is 0 Å². The fourth-order valence-corrected chi connectivity index (χ4v) is 3.18. The van der Waals surface area contributed by atoms with Crippen LogP contribution in [0.25, 0.3) is 0 Å². The average molecular weight is 294 g/mol. The van der Waals surface area contributed by atoms with Gasteiger partial charge >= 0.3 is 0 Å². The van der Waals surface area contributed by atoms with E-state index in [1.165, 1.54) is 18.9 Å². The molecule has 1 heterocycles. The molecule has 0 amide bonds. The van der Waals surface area contributed by atoms with Crippen molar-refractivity contribution >= 4 is 0 Å². The summed E-state index contributed by atoms with van der Waals surface area (Å²) in [6.45, 7) is 8.39. The predicted octanol–water partition coefficient (Wildman–Crippen LogP) is 3.22. The van der Waals surface area contributed by atoms with Crippen LogP contribution in [-0.2, 0) is 0 Å². The fraction of sp³-hybridized carbons (Fsp3) is 0.647. The van der Waals surface area contributed by atoms with E-state index in [9.17, 15) is 4.39 Å². The Labute approximate surface area is 127 Å². The van der Waals surface area contributed by atoms with Gasteiger partial charge in [0.1, 0.15) is 11.6 Å². The first kappa shape index (κ1) is 16.2. The number of hydrogen-bond donors (Lipinski definition) is 1. The number of hydrogen-bond acceptors (Lipinski definition) is 3. The minimum absolute atomic E-state index is 0.0567. The lowest BCUT2D eigenvalue weighted by atomic mass is 9.94. The molecule has 1 aliphatic rings. The third kappa shape index (κ3) is 3.95. The van der Waals surface area contributed by atoms with Crippen LogP contribution in [0.4, 0.5) is 4.39 Å². The molecular formula is C17H27FN2O. The number of methoxy groups -OCH3 is 1. The second kappa shape index (κ2) is 7.76. The van der Waals surface area contributed by atoms with Crippen molar-refractivity contribution in [3.05, 3.63) is 29.6 Å². The van der Waals surface area contributed by atoms with Gasteiger partial charge in [0.15, 0.2) is 0 Å². The second-order valence-corrected chi connectivity index (χ2v) is 5.82. The quantitative estimate of drug-likeness (QED) is 0.872. The molecule has 0 radical (unpaired) electrons. The van der Waals surface area contributed by atoms with Crippen molar-refractivity contribution in [3.8, 4) is 5.75 Å². The summed E-state index contributed by atoms with van der Waals surface area (Å²) in [5, 5.41) is 3.42. The molecule has 1 N–H and O–H groups in total. The van der Waals surface area contributed by atoms with Gasteiger partial charge in [0.05, 0.1) is 7.11 Å². The first-order chi connectivity index (χ1) is 10.2. The van der Waals surface area contributed by atoms with Gasteiger partial charge in [0, 0.05) is 11.6 Å². The Morgan fingerprint density at radius 2 is 2.10 bits per heavy atom. The van der Waals surface area contributed by atoms with E-state index in [0.717, 1.165) is 32.1 Å². The molecule has 4 heteroatoms. The third-order valence-corrected chi connectivity index (χ3v) is 4.53. The molecule has 1 aromatic rings. The zero-order valence-electron chi connectivity index (χ0n) is 13.4. The van der Waals surface area contributed by atoms with Crippen molar-refractivity contribution in [1.82, 2.24) is 10.2 Å². The maximum Gasteiger partial charge on any atom is 0.131 e. The fourth-order valence-electron chi connectivity index (χ4n) is 3.18. The van der Waals surface area contributed by atoms with Crippen molar-refractivity contribution in [2.75, 3.05) is 33.3 Å². The summed E-state index contributed by atoms with van der Waals surface area (Å²) in [5.41, 5.74) is 0.685. The number of nitrogens with zero attached hydrogens (tertiary/aromatic N) is 1. The first-order valence-electron chi connectivity index (χ1n) is 7.94. The van der Waals surface area contributed by atoms with Crippen LogP contribution in [0, 0.1) is 11.7 Å². The van der Waals surface area contributed by atoms with E-state index < -0.39 is 0 Å². The molecule has 0 saturated carbocycles. The van der Waals surface area contributed by atoms with Crippen molar-refractivity contribution in [2.24, 2.45) is 5.92 Å². The minimum Gasteiger partial charge on any atom is -0.496 e. The highest BCUT2D eigenvalue weighted by molar-refractivity contribution is 5.37. The largest absolute Gasteiger partial charge is 0.496 e. The highest BCUT2D eigenvalue weighted by Crippen LogP contribution is 2.33. The van der Waals surface area contributed by atoms with Gasteiger partial charge in [0.25, 0.3) is 0 Å². The van der Waals surface area contributed by atoms with Crippen LogP contribution in [0.3, 0.4) is 0 Å². The van der Waals surface area contributed by atoms with Crippen molar-refractivity contribution in [1.29, 1.82) is 0 Å². The molecule has 0 aromatic heterocycles. The Morgan fingerprint density at radius 1 is 1.38 bits per heavy atom. The SMILES string of the molecule is CCNCC1CCN(C(C)c2c(F)cccc2OC)CC1. The van der Waals surface area contributed by atoms with Crippen LogP contribution in [0.1, 0.15) is 38.3 Å². The van der Waals surface area contributed by atoms with E-state index in [2.05, 4.69) is 24.1 Å². The van der Waals surface area contributed by atoms with Crippen molar-refractivity contribution in [3.63, 3.8) is 0 Å². The molecule has 1 unspecified atom stereocenters. The van der Waals surface area contributed by atoms with E-state index in [0.29, 0.717) is 11.3 Å². The standard InChI is InChI=1S/C17H27FN2O/c1-4-19-12-14-8-10-20(11-9-14)13(2)17-15(18)6-5-7-16(17)21-3/h5-7,13-14,19H,4,8-12H2,1-3H3. The molecule has 1 fully saturated rings. The van der Waals surface area contributed by atoms with Crippen LogP contribution in [-0.4, -0.2) is 38.2 Å². The molecule has 1 aromatic carbocycles. The van der Waals surface area contributed by atoms with Crippen LogP contribution in [0.15, 0.2) is 18.2 Å². The van der Waals surface area contributed by atoms with Gasteiger partial charge in [0.2, 0.25) is 0 Å². The Kier molecular flexibility index (Phi) is 6.00. The Morgan fingerprint density at radius 3 is 2.71 bits per heavy atom. The Balaban J connectivity index is 2.00. The lowest BCUT2D eigenvalue weighted by molar-refractivity contribution is 0.136. The molecule has 0 spiro atoms. The summed E-state index contributed by atoms with van der Waals surface area (Å²) < 4.78 is 19.5. The van der Waals surface area contributed by atoms with Crippen LogP contribution in [0.2, 0.25) is 0 Å². The molecule has 1 atom stereocenters. The predicted molar refractivity (Wildman–Crippen MR) is 84.2 cm³/mol. The molecule has 3 nitrogen and oxygen atoms in total. The van der Waals surface area contributed by atoms with Gasteiger partial charge in [-0.2, -0.15) is 0 Å². The lowest BCUT2D eigenvalue weighted by Gasteiger charge is -2.36. The molecule has 21 heavy (non-hydrogen) atoms. The highest BCUT2D eigenvalue weighted by atomic mass is 19.1. The van der Waals surface area contributed by atoms with E-state index in [1.54, 1.807) is 13.2 Å². The lowest BCUT2D eigenvalue weighted by Crippen LogP contribution is -2.38. The minimum atomic E-state index is -0.170. The third-order valence-electron chi connectivity index (χ3n) is 4.53. The van der Waals surface area contributed by atoms with E-state index in [1.807, 2.05) is 6.07 Å². The zero-order chi connectivity index (χ0) is 15.2. The summed E-state index contributed by atoms with van der Waals surface area (Å²) in [6.07, 6.45) is 2.35. The molecule has 0 aliphatic carbocycles. The number of halogens is 1. The smallest absolute Gasteiger partial charge is 0.131 e. The summed E-state index contributed by atoms with van der Waals surface area (Å²) in [4.78, 5) is 2.36. The summed E-state index contributed by atoms with van der Waals surface area (Å²) in [7, 11) is 1.60. The molecule has 118 valence electrons. The van der Waals surface area contributed by atoms with Gasteiger partial charge in [-0.25, -0.2) is 4.39 Å². The topological polar surface area (TPSA) is 24.5 Å².